The van der Waals surface area contributed by atoms with Crippen LogP contribution in [0.1, 0.15) is 5.56 Å². The summed E-state index contributed by atoms with van der Waals surface area (Å²) < 4.78 is 26.5. The summed E-state index contributed by atoms with van der Waals surface area (Å²) in [6.07, 6.45) is 0. The van der Waals surface area contributed by atoms with E-state index in [0.717, 1.165) is 11.6 Å². The Labute approximate surface area is 103 Å². The minimum Gasteiger partial charge on any atom is -0.397 e. The predicted molar refractivity (Wildman–Crippen MR) is 66.0 cm³/mol. The highest BCUT2D eigenvalue weighted by Crippen LogP contribution is 2.34. The van der Waals surface area contributed by atoms with Crippen molar-refractivity contribution >= 4 is 17.3 Å². The molecule has 2 aromatic carbocycles. The number of aryl methyl sites for hydroxylation is 1. The Hall–Kier alpha value is -1.61. The molecule has 0 atom stereocenters. The number of halogens is 3. The van der Waals surface area contributed by atoms with E-state index in [1.165, 1.54) is 18.2 Å². The molecule has 0 aliphatic carbocycles. The van der Waals surface area contributed by atoms with Crippen molar-refractivity contribution < 1.29 is 8.78 Å². The van der Waals surface area contributed by atoms with Crippen LogP contribution in [0.2, 0.25) is 5.02 Å². The van der Waals surface area contributed by atoms with Gasteiger partial charge in [0.1, 0.15) is 11.6 Å². The lowest BCUT2D eigenvalue weighted by molar-refractivity contribution is 0.626. The van der Waals surface area contributed by atoms with Gasteiger partial charge in [0.2, 0.25) is 0 Å². The molecule has 0 bridgehead atoms. The van der Waals surface area contributed by atoms with Crippen LogP contribution in [0.25, 0.3) is 11.1 Å². The van der Waals surface area contributed by atoms with E-state index in [2.05, 4.69) is 0 Å². The fraction of sp³-hybridized carbons (Fsp3) is 0.0769. The summed E-state index contributed by atoms with van der Waals surface area (Å²) in [5.41, 5.74) is 7.79. The summed E-state index contributed by atoms with van der Waals surface area (Å²) in [5, 5.41) is 0.128. The Balaban J connectivity index is 2.72. The van der Waals surface area contributed by atoms with Crippen molar-refractivity contribution in [3.63, 3.8) is 0 Å². The van der Waals surface area contributed by atoms with Gasteiger partial charge in [-0.1, -0.05) is 17.7 Å². The molecular formula is C13H10ClF2N. The van der Waals surface area contributed by atoms with Crippen LogP contribution in [0.3, 0.4) is 0 Å². The molecule has 0 saturated heterocycles. The molecule has 17 heavy (non-hydrogen) atoms. The van der Waals surface area contributed by atoms with Crippen LogP contribution < -0.4 is 5.73 Å². The van der Waals surface area contributed by atoms with Crippen molar-refractivity contribution in [1.29, 1.82) is 0 Å². The number of rotatable bonds is 1. The number of hydrogen-bond donors (Lipinski definition) is 1. The number of nitrogens with two attached hydrogens (primary N) is 1. The summed E-state index contributed by atoms with van der Waals surface area (Å²) in [7, 11) is 0. The third-order valence-corrected chi connectivity index (χ3v) is 2.90. The zero-order chi connectivity index (χ0) is 12.6. The highest BCUT2D eigenvalue weighted by atomic mass is 35.5. The van der Waals surface area contributed by atoms with Crippen molar-refractivity contribution in [2.45, 2.75) is 6.92 Å². The molecule has 0 unspecified atom stereocenters. The molecule has 88 valence electrons. The molecular weight excluding hydrogens is 244 g/mol. The van der Waals surface area contributed by atoms with Crippen molar-refractivity contribution in [1.82, 2.24) is 0 Å². The van der Waals surface area contributed by atoms with E-state index < -0.39 is 11.6 Å². The van der Waals surface area contributed by atoms with Gasteiger partial charge < -0.3 is 5.73 Å². The molecule has 2 N–H and O–H groups in total. The van der Waals surface area contributed by atoms with Crippen molar-refractivity contribution in [2.24, 2.45) is 0 Å². The zero-order valence-electron chi connectivity index (χ0n) is 9.10. The molecule has 2 rings (SSSR count). The van der Waals surface area contributed by atoms with E-state index >= 15 is 0 Å². The second-order valence-electron chi connectivity index (χ2n) is 3.81. The zero-order valence-corrected chi connectivity index (χ0v) is 9.85. The Morgan fingerprint density at radius 2 is 1.65 bits per heavy atom. The monoisotopic (exact) mass is 253 g/mol. The lowest BCUT2D eigenvalue weighted by Gasteiger charge is -2.10. The molecule has 4 heteroatoms. The van der Waals surface area contributed by atoms with E-state index in [0.29, 0.717) is 11.1 Å². The third-order valence-electron chi connectivity index (χ3n) is 2.58. The fourth-order valence-corrected chi connectivity index (χ4v) is 1.90. The van der Waals surface area contributed by atoms with Gasteiger partial charge in [0, 0.05) is 5.56 Å². The van der Waals surface area contributed by atoms with Crippen LogP contribution in [0.4, 0.5) is 14.5 Å². The Morgan fingerprint density at radius 3 is 2.35 bits per heavy atom. The lowest BCUT2D eigenvalue weighted by atomic mass is 9.99. The average molecular weight is 254 g/mol. The number of benzene rings is 2. The topological polar surface area (TPSA) is 26.0 Å². The molecule has 0 amide bonds. The van der Waals surface area contributed by atoms with Crippen molar-refractivity contribution in [3.8, 4) is 11.1 Å². The van der Waals surface area contributed by atoms with E-state index in [1.54, 1.807) is 13.0 Å². The lowest BCUT2D eigenvalue weighted by Crippen LogP contribution is -1.95. The maximum Gasteiger partial charge on any atom is 0.125 e. The second-order valence-corrected chi connectivity index (χ2v) is 4.22. The molecule has 0 aliphatic heterocycles. The normalized spacial score (nSPS) is 10.6. The van der Waals surface area contributed by atoms with E-state index in [-0.39, 0.29) is 10.7 Å². The molecule has 0 spiro atoms. The van der Waals surface area contributed by atoms with E-state index in [9.17, 15) is 8.78 Å². The maximum atomic E-state index is 13.3. The van der Waals surface area contributed by atoms with Gasteiger partial charge in [-0.05, 0) is 42.3 Å². The standard InChI is InChI=1S/C13H10ClF2N/c1-7-2-3-8(15)4-10(7)11-5-9(16)6-12(14)13(11)17/h2-6H,17H2,1H3. The summed E-state index contributed by atoms with van der Waals surface area (Å²) in [6, 6.07) is 6.66. The smallest absolute Gasteiger partial charge is 0.125 e. The minimum absolute atomic E-state index is 0.128. The second kappa shape index (κ2) is 4.34. The summed E-state index contributed by atoms with van der Waals surface area (Å²) in [4.78, 5) is 0. The molecule has 0 heterocycles. The Bertz CT molecular complexity index is 582. The highest BCUT2D eigenvalue weighted by molar-refractivity contribution is 6.33. The van der Waals surface area contributed by atoms with Crippen LogP contribution in [0.5, 0.6) is 0 Å². The van der Waals surface area contributed by atoms with Crippen LogP contribution in [-0.4, -0.2) is 0 Å². The molecule has 0 saturated carbocycles. The molecule has 2 aromatic rings. The van der Waals surface area contributed by atoms with Gasteiger partial charge in [-0.15, -0.1) is 0 Å². The van der Waals surface area contributed by atoms with Crippen LogP contribution in [0.15, 0.2) is 30.3 Å². The van der Waals surface area contributed by atoms with Crippen LogP contribution in [-0.2, 0) is 0 Å². The minimum atomic E-state index is -0.497. The van der Waals surface area contributed by atoms with E-state index in [4.69, 9.17) is 17.3 Å². The first-order valence-corrected chi connectivity index (χ1v) is 5.38. The van der Waals surface area contributed by atoms with Crippen LogP contribution >= 0.6 is 11.6 Å². The van der Waals surface area contributed by atoms with Gasteiger partial charge in [0.05, 0.1) is 10.7 Å². The quantitative estimate of drug-likeness (QED) is 0.758. The predicted octanol–water partition coefficient (Wildman–Crippen LogP) is 4.18. The summed E-state index contributed by atoms with van der Waals surface area (Å²) in [5.74, 6) is -0.895. The average Bonchev–Trinajstić information content (AvgIpc) is 2.27. The number of anilines is 1. The largest absolute Gasteiger partial charge is 0.397 e. The SMILES string of the molecule is Cc1ccc(F)cc1-c1cc(F)cc(Cl)c1N. The molecule has 0 fully saturated rings. The Kier molecular flexibility index (Phi) is 3.03. The summed E-state index contributed by atoms with van der Waals surface area (Å²) >= 11 is 5.80. The molecule has 0 aromatic heterocycles. The van der Waals surface area contributed by atoms with Gasteiger partial charge in [-0.25, -0.2) is 8.78 Å². The first kappa shape index (κ1) is 11.9. The molecule has 0 aliphatic rings. The fourth-order valence-electron chi connectivity index (χ4n) is 1.69. The number of hydrogen-bond acceptors (Lipinski definition) is 1. The van der Waals surface area contributed by atoms with Gasteiger partial charge in [-0.2, -0.15) is 0 Å². The number of nitrogen functional groups attached to an aromatic ring is 1. The van der Waals surface area contributed by atoms with Crippen LogP contribution in [0, 0.1) is 18.6 Å². The van der Waals surface area contributed by atoms with Crippen molar-refractivity contribution in [3.05, 3.63) is 52.6 Å². The van der Waals surface area contributed by atoms with Gasteiger partial charge in [0.15, 0.2) is 0 Å². The van der Waals surface area contributed by atoms with E-state index in [1.807, 2.05) is 0 Å². The van der Waals surface area contributed by atoms with Crippen molar-refractivity contribution in [2.75, 3.05) is 5.73 Å². The molecule has 1 nitrogen and oxygen atoms in total. The molecule has 0 radical (unpaired) electrons. The maximum absolute atomic E-state index is 13.3. The first-order chi connectivity index (χ1) is 7.99. The first-order valence-electron chi connectivity index (χ1n) is 5.00. The summed E-state index contributed by atoms with van der Waals surface area (Å²) in [6.45, 7) is 1.80. The van der Waals surface area contributed by atoms with Gasteiger partial charge in [0.25, 0.3) is 0 Å². The third kappa shape index (κ3) is 2.24. The van der Waals surface area contributed by atoms with Gasteiger partial charge in [-0.3, -0.25) is 0 Å². The van der Waals surface area contributed by atoms with Gasteiger partial charge >= 0.3 is 0 Å². The Morgan fingerprint density at radius 1 is 1.00 bits per heavy atom. The highest BCUT2D eigenvalue weighted by Gasteiger charge is 2.11.